The molecule has 2 atom stereocenters. The summed E-state index contributed by atoms with van der Waals surface area (Å²) < 4.78 is 94.2. The zero-order valence-corrected chi connectivity index (χ0v) is 31.9. The number of alkyl halides is 6. The molecule has 0 bridgehead atoms. The summed E-state index contributed by atoms with van der Waals surface area (Å²) in [6.45, 7) is 1.21. The fourth-order valence-corrected chi connectivity index (χ4v) is 7.27. The first kappa shape index (κ1) is 41.6. The maximum atomic E-state index is 14.1. The summed E-state index contributed by atoms with van der Waals surface area (Å²) in [5, 5.41) is 24.5. The van der Waals surface area contributed by atoms with E-state index in [0.29, 0.717) is 22.3 Å². The molecule has 1 N–H and O–H groups in total. The summed E-state index contributed by atoms with van der Waals surface area (Å²) in [5.74, 6) is -0.515. The van der Waals surface area contributed by atoms with Crippen LogP contribution in [0.1, 0.15) is 64.3 Å². The van der Waals surface area contributed by atoms with E-state index in [0.717, 1.165) is 17.7 Å². The van der Waals surface area contributed by atoms with Crippen LogP contribution in [0, 0.1) is 16.7 Å². The van der Waals surface area contributed by atoms with Gasteiger partial charge in [-0.15, -0.1) is 0 Å². The van der Waals surface area contributed by atoms with Crippen LogP contribution < -0.4 is 0 Å². The number of nitrogens with one attached hydrogen (secondary N) is 1. The Morgan fingerprint density at radius 2 is 1.26 bits per heavy atom. The van der Waals surface area contributed by atoms with Crippen LogP contribution in [-0.2, 0) is 48.4 Å². The van der Waals surface area contributed by atoms with Crippen LogP contribution in [0.4, 0.5) is 26.3 Å². The molecule has 3 heterocycles. The normalized spacial score (nSPS) is 19.9. The van der Waals surface area contributed by atoms with Gasteiger partial charge in [0.1, 0.15) is 13.2 Å². The third kappa shape index (κ3) is 8.36. The minimum atomic E-state index is -4.82. The monoisotopic (exact) mass is 870 g/mol. The molecule has 0 saturated carbocycles. The average Bonchev–Trinajstić information content (AvgIpc) is 3.88. The molecular weight excluding hydrogens is 848 g/mol. The predicted octanol–water partition coefficient (Wildman–Crippen LogP) is 10.9. The molecule has 57 heavy (non-hydrogen) atoms. The van der Waals surface area contributed by atoms with Crippen LogP contribution in [0.2, 0.25) is 20.1 Å². The molecule has 9 nitrogen and oxygen atoms in total. The summed E-state index contributed by atoms with van der Waals surface area (Å²) >= 11 is 23.6. The highest BCUT2D eigenvalue weighted by molar-refractivity contribution is 6.35. The fourth-order valence-electron chi connectivity index (χ4n) is 6.21. The zero-order valence-electron chi connectivity index (χ0n) is 28.9. The van der Waals surface area contributed by atoms with Crippen molar-refractivity contribution in [1.82, 2.24) is 0 Å². The van der Waals surface area contributed by atoms with E-state index in [1.807, 2.05) is 6.07 Å². The summed E-state index contributed by atoms with van der Waals surface area (Å²) in [4.78, 5) is 21.0. The van der Waals surface area contributed by atoms with Crippen molar-refractivity contribution >= 4 is 69.7 Å². The Morgan fingerprint density at radius 1 is 0.789 bits per heavy atom. The second-order valence-corrected chi connectivity index (χ2v) is 14.6. The molecule has 0 aromatic heterocycles. The van der Waals surface area contributed by atoms with Crippen LogP contribution in [0.3, 0.4) is 0 Å². The topological polar surface area (TPSA) is 126 Å². The highest BCUT2D eigenvalue weighted by Gasteiger charge is 2.63. The lowest BCUT2D eigenvalue weighted by Gasteiger charge is -2.29. The van der Waals surface area contributed by atoms with Crippen molar-refractivity contribution in [3.05, 3.63) is 137 Å². The number of benzene rings is 4. The van der Waals surface area contributed by atoms with Gasteiger partial charge in [0.15, 0.2) is 0 Å². The summed E-state index contributed by atoms with van der Waals surface area (Å²) in [7, 11) is 0. The standard InChI is InChI=1S/C20H13Cl2F3N2O3.C18H11Cl2F3N2O2/c1-11(28)29-10-14-4-12(2-3-13(14)9-26)18-8-19(30-27-18,20(23,24)25)15-5-16(21)7-17(22)6-15;19-12-4-11(5-13(20)6-12)17(18(21,22)23)7-15(25-27-17)9-1-2-14-10(3-9)8-26-16(14)24/h2-7H,8,10H2,1H3;1-6,24H,7-8H2. The number of esters is 1. The van der Waals surface area contributed by atoms with Gasteiger partial charge in [-0.1, -0.05) is 68.8 Å². The first-order valence-corrected chi connectivity index (χ1v) is 17.8. The van der Waals surface area contributed by atoms with Gasteiger partial charge in [0.05, 0.1) is 23.1 Å². The molecule has 0 aliphatic carbocycles. The fraction of sp³-hybridized carbons (Fsp3) is 0.237. The number of halogens is 10. The molecule has 0 radical (unpaired) electrons. The number of nitrogens with zero attached hydrogens (tertiary/aromatic N) is 3. The summed E-state index contributed by atoms with van der Waals surface area (Å²) in [5.41, 5.74) is -3.09. The molecular formula is C38H24Cl4F6N4O5. The van der Waals surface area contributed by atoms with E-state index in [-0.39, 0.29) is 67.3 Å². The van der Waals surface area contributed by atoms with Crippen LogP contribution in [0.15, 0.2) is 83.1 Å². The van der Waals surface area contributed by atoms with Crippen LogP contribution >= 0.6 is 46.4 Å². The van der Waals surface area contributed by atoms with Gasteiger partial charge in [-0.2, -0.15) is 31.6 Å². The Morgan fingerprint density at radius 3 is 1.72 bits per heavy atom. The third-order valence-electron chi connectivity index (χ3n) is 9.07. The maximum Gasteiger partial charge on any atom is 0.435 e. The van der Waals surface area contributed by atoms with Crippen molar-refractivity contribution in [2.75, 3.05) is 0 Å². The largest absolute Gasteiger partial charge is 0.473 e. The van der Waals surface area contributed by atoms with Gasteiger partial charge in [-0.25, -0.2) is 0 Å². The molecule has 3 aliphatic rings. The van der Waals surface area contributed by atoms with E-state index in [1.165, 1.54) is 49.4 Å². The molecule has 0 fully saturated rings. The number of oxime groups is 2. The Hall–Kier alpha value is -5.01. The second kappa shape index (κ2) is 15.7. The smallest absolute Gasteiger partial charge is 0.435 e. The van der Waals surface area contributed by atoms with Gasteiger partial charge in [0.25, 0.3) is 11.2 Å². The Balaban J connectivity index is 0.000000194. The van der Waals surface area contributed by atoms with Gasteiger partial charge in [0, 0.05) is 67.7 Å². The average molecular weight is 872 g/mol. The number of fused-ring (bicyclic) bond motifs is 1. The molecule has 7 rings (SSSR count). The lowest BCUT2D eigenvalue weighted by Crippen LogP contribution is -2.42. The van der Waals surface area contributed by atoms with E-state index in [9.17, 15) is 36.4 Å². The molecule has 19 heteroatoms. The minimum absolute atomic E-state index is 0.0111. The van der Waals surface area contributed by atoms with Gasteiger partial charge in [0.2, 0.25) is 5.90 Å². The van der Waals surface area contributed by atoms with Crippen molar-refractivity contribution < 1.29 is 50.3 Å². The van der Waals surface area contributed by atoms with Crippen molar-refractivity contribution in [2.24, 2.45) is 10.3 Å². The van der Waals surface area contributed by atoms with Gasteiger partial charge < -0.3 is 19.1 Å². The molecule has 4 aromatic carbocycles. The van der Waals surface area contributed by atoms with E-state index in [2.05, 4.69) is 10.3 Å². The van der Waals surface area contributed by atoms with Crippen molar-refractivity contribution in [1.29, 1.82) is 10.7 Å². The Labute approximate surface area is 339 Å². The van der Waals surface area contributed by atoms with Gasteiger partial charge >= 0.3 is 18.3 Å². The van der Waals surface area contributed by atoms with E-state index in [4.69, 9.17) is 71.0 Å². The molecule has 4 aromatic rings. The van der Waals surface area contributed by atoms with E-state index in [1.54, 1.807) is 18.2 Å². The molecule has 296 valence electrons. The number of carbonyl (C=O) groups excluding carboxylic acids is 1. The number of ether oxygens (including phenoxy) is 2. The first-order valence-electron chi connectivity index (χ1n) is 16.3. The minimum Gasteiger partial charge on any atom is -0.473 e. The Kier molecular flexibility index (Phi) is 11.5. The number of carbonyl (C=O) groups is 1. The zero-order chi connectivity index (χ0) is 41.5. The quantitative estimate of drug-likeness (QED) is 0.152. The van der Waals surface area contributed by atoms with E-state index >= 15 is 0 Å². The highest BCUT2D eigenvalue weighted by Crippen LogP contribution is 2.51. The third-order valence-corrected chi connectivity index (χ3v) is 9.95. The summed E-state index contributed by atoms with van der Waals surface area (Å²) in [6, 6.07) is 18.4. The van der Waals surface area contributed by atoms with E-state index < -0.39 is 42.4 Å². The first-order chi connectivity index (χ1) is 26.7. The van der Waals surface area contributed by atoms with Crippen molar-refractivity contribution in [3.63, 3.8) is 0 Å². The van der Waals surface area contributed by atoms with Crippen LogP contribution in [0.25, 0.3) is 0 Å². The number of rotatable bonds is 6. The summed E-state index contributed by atoms with van der Waals surface area (Å²) in [6.07, 6.45) is -10.7. The predicted molar refractivity (Wildman–Crippen MR) is 198 cm³/mol. The lowest BCUT2D eigenvalue weighted by atomic mass is 9.86. The molecule has 0 saturated heterocycles. The van der Waals surface area contributed by atoms with Crippen molar-refractivity contribution in [2.45, 2.75) is 56.5 Å². The van der Waals surface area contributed by atoms with Crippen LogP contribution in [-0.4, -0.2) is 35.6 Å². The molecule has 3 aliphatic heterocycles. The number of hydrogen-bond donors (Lipinski definition) is 1. The van der Waals surface area contributed by atoms with Gasteiger partial charge in [-0.3, -0.25) is 10.2 Å². The van der Waals surface area contributed by atoms with Gasteiger partial charge in [-0.05, 0) is 71.8 Å². The second-order valence-electron chi connectivity index (χ2n) is 12.8. The molecule has 0 spiro atoms. The maximum absolute atomic E-state index is 14.1. The highest BCUT2D eigenvalue weighted by atomic mass is 35.5. The SMILES string of the molecule is CC(=O)OCc1cc(C2=NOC(c3cc(Cl)cc(Cl)c3)(C(F)(F)F)C2)ccc1C#N.N=C1OCc2cc(C3=NOC(c4cc(Cl)cc(Cl)c4)(C(F)(F)F)C3)ccc21. The lowest BCUT2D eigenvalue weighted by molar-refractivity contribution is -0.276. The van der Waals surface area contributed by atoms with Crippen molar-refractivity contribution in [3.8, 4) is 6.07 Å². The molecule has 2 unspecified atom stereocenters. The van der Waals surface area contributed by atoms with Crippen LogP contribution in [0.5, 0.6) is 0 Å². The number of hydrogen-bond acceptors (Lipinski definition) is 9. The number of nitriles is 1. The molecule has 0 amide bonds. The Bertz CT molecular complexity index is 2360.